The van der Waals surface area contributed by atoms with E-state index in [0.717, 1.165) is 5.56 Å². The Morgan fingerprint density at radius 1 is 1.23 bits per heavy atom. The SMILES string of the molecule is COC(=O)[C@H](Cc1ccccc1)NC(=O)c1ccc(=O)[nH]n1. The Bertz CT molecular complexity index is 692. The first-order valence-electron chi connectivity index (χ1n) is 6.58. The molecule has 0 unspecified atom stereocenters. The molecule has 22 heavy (non-hydrogen) atoms. The molecule has 0 fully saturated rings. The van der Waals surface area contributed by atoms with Crippen LogP contribution in [0.3, 0.4) is 0 Å². The lowest BCUT2D eigenvalue weighted by atomic mass is 10.1. The van der Waals surface area contributed by atoms with E-state index < -0.39 is 23.5 Å². The van der Waals surface area contributed by atoms with Gasteiger partial charge in [-0.1, -0.05) is 30.3 Å². The molecule has 7 heteroatoms. The van der Waals surface area contributed by atoms with Crippen molar-refractivity contribution in [2.24, 2.45) is 0 Å². The number of carbonyl (C=O) groups is 2. The number of hydrogen-bond acceptors (Lipinski definition) is 5. The fraction of sp³-hybridized carbons (Fsp3) is 0.200. The first-order valence-corrected chi connectivity index (χ1v) is 6.58. The minimum Gasteiger partial charge on any atom is -0.467 e. The number of hydrogen-bond donors (Lipinski definition) is 2. The molecule has 2 N–H and O–H groups in total. The molecule has 114 valence electrons. The molecule has 0 aliphatic heterocycles. The molecule has 0 bridgehead atoms. The summed E-state index contributed by atoms with van der Waals surface area (Å²) < 4.78 is 4.71. The zero-order valence-electron chi connectivity index (χ0n) is 11.9. The molecular weight excluding hydrogens is 286 g/mol. The number of amides is 1. The van der Waals surface area contributed by atoms with Gasteiger partial charge < -0.3 is 10.1 Å². The Kier molecular flexibility index (Phi) is 5.02. The van der Waals surface area contributed by atoms with E-state index >= 15 is 0 Å². The second-order valence-corrected chi connectivity index (χ2v) is 4.55. The molecular formula is C15H15N3O4. The number of ether oxygens (including phenoxy) is 1. The summed E-state index contributed by atoms with van der Waals surface area (Å²) in [5.74, 6) is -1.12. The van der Waals surface area contributed by atoms with Gasteiger partial charge >= 0.3 is 5.97 Å². The molecule has 0 radical (unpaired) electrons. The monoisotopic (exact) mass is 301 g/mol. The van der Waals surface area contributed by atoms with Crippen LogP contribution < -0.4 is 10.9 Å². The van der Waals surface area contributed by atoms with E-state index in [2.05, 4.69) is 15.5 Å². The molecule has 0 aliphatic rings. The highest BCUT2D eigenvalue weighted by Gasteiger charge is 2.23. The van der Waals surface area contributed by atoms with Gasteiger partial charge in [0.25, 0.3) is 11.5 Å². The number of carbonyl (C=O) groups excluding carboxylic acids is 2. The fourth-order valence-corrected chi connectivity index (χ4v) is 1.89. The minimum atomic E-state index is -0.839. The lowest BCUT2D eigenvalue weighted by Gasteiger charge is -2.16. The van der Waals surface area contributed by atoms with Crippen molar-refractivity contribution in [3.8, 4) is 0 Å². The van der Waals surface area contributed by atoms with Gasteiger partial charge in [0.15, 0.2) is 0 Å². The number of aromatic nitrogens is 2. The number of esters is 1. The molecule has 7 nitrogen and oxygen atoms in total. The third kappa shape index (κ3) is 4.02. The van der Waals surface area contributed by atoms with Gasteiger partial charge in [-0.05, 0) is 11.6 Å². The Labute approximate surface area is 126 Å². The molecule has 1 heterocycles. The quantitative estimate of drug-likeness (QED) is 0.773. The topological polar surface area (TPSA) is 101 Å². The third-order valence-corrected chi connectivity index (χ3v) is 2.99. The van der Waals surface area contributed by atoms with Crippen LogP contribution in [0, 0.1) is 0 Å². The van der Waals surface area contributed by atoms with Crippen LogP contribution in [-0.4, -0.2) is 35.2 Å². The number of nitrogens with zero attached hydrogens (tertiary/aromatic N) is 1. The van der Waals surface area contributed by atoms with E-state index in [9.17, 15) is 14.4 Å². The van der Waals surface area contributed by atoms with Gasteiger partial charge in [-0.25, -0.2) is 9.89 Å². The number of benzene rings is 1. The summed E-state index contributed by atoms with van der Waals surface area (Å²) in [4.78, 5) is 34.8. The van der Waals surface area contributed by atoms with Crippen molar-refractivity contribution in [1.82, 2.24) is 15.5 Å². The van der Waals surface area contributed by atoms with Gasteiger partial charge in [-0.15, -0.1) is 0 Å². The van der Waals surface area contributed by atoms with E-state index in [1.54, 1.807) is 0 Å². The van der Waals surface area contributed by atoms with Gasteiger partial charge in [-0.2, -0.15) is 5.10 Å². The minimum absolute atomic E-state index is 0.0153. The summed E-state index contributed by atoms with van der Waals surface area (Å²) in [6, 6.07) is 10.9. The van der Waals surface area contributed by atoms with Gasteiger partial charge in [0.05, 0.1) is 7.11 Å². The molecule has 1 atom stereocenters. The van der Waals surface area contributed by atoms with E-state index in [1.807, 2.05) is 30.3 Å². The third-order valence-electron chi connectivity index (χ3n) is 2.99. The average molecular weight is 301 g/mol. The highest BCUT2D eigenvalue weighted by Crippen LogP contribution is 2.05. The smallest absolute Gasteiger partial charge is 0.328 e. The van der Waals surface area contributed by atoms with Crippen LogP contribution in [0.15, 0.2) is 47.3 Å². The summed E-state index contributed by atoms with van der Waals surface area (Å²) in [5.41, 5.74) is 0.486. The van der Waals surface area contributed by atoms with E-state index in [4.69, 9.17) is 4.74 Å². The predicted octanol–water partition coefficient (Wildman–Crippen LogP) is 0.284. The number of nitrogens with one attached hydrogen (secondary N) is 2. The second kappa shape index (κ2) is 7.16. The Balaban J connectivity index is 2.12. The molecule has 0 aliphatic carbocycles. The summed E-state index contributed by atoms with van der Waals surface area (Å²) in [6.07, 6.45) is 0.294. The van der Waals surface area contributed by atoms with Crippen LogP contribution in [0.2, 0.25) is 0 Å². The standard InChI is InChI=1S/C15H15N3O4/c1-22-15(21)12(9-10-5-3-2-4-6-10)16-14(20)11-7-8-13(19)18-17-11/h2-8,12H,9H2,1H3,(H,16,20)(H,18,19)/t12-/m0/s1. The Morgan fingerprint density at radius 2 is 1.95 bits per heavy atom. The van der Waals surface area contributed by atoms with Gasteiger partial charge in [-0.3, -0.25) is 9.59 Å². The molecule has 0 saturated heterocycles. The van der Waals surface area contributed by atoms with E-state index in [1.165, 1.54) is 19.2 Å². The zero-order valence-corrected chi connectivity index (χ0v) is 11.9. The summed E-state index contributed by atoms with van der Waals surface area (Å²) in [6.45, 7) is 0. The largest absolute Gasteiger partial charge is 0.467 e. The molecule has 2 rings (SSSR count). The lowest BCUT2D eigenvalue weighted by molar-refractivity contribution is -0.142. The summed E-state index contributed by atoms with van der Waals surface area (Å²) >= 11 is 0. The number of aromatic amines is 1. The van der Waals surface area contributed by atoms with Gasteiger partial charge in [0.2, 0.25) is 0 Å². The number of H-pyrrole nitrogens is 1. The summed E-state index contributed by atoms with van der Waals surface area (Å²) in [7, 11) is 1.25. The van der Waals surface area contributed by atoms with Crippen LogP contribution in [0.1, 0.15) is 16.1 Å². The van der Waals surface area contributed by atoms with Crippen LogP contribution in [0.25, 0.3) is 0 Å². The molecule has 1 amide bonds. The molecule has 1 aromatic carbocycles. The Morgan fingerprint density at radius 3 is 2.55 bits per heavy atom. The predicted molar refractivity (Wildman–Crippen MR) is 78.3 cm³/mol. The van der Waals surface area contributed by atoms with Crippen molar-refractivity contribution in [2.75, 3.05) is 7.11 Å². The van der Waals surface area contributed by atoms with Crippen molar-refractivity contribution < 1.29 is 14.3 Å². The maximum absolute atomic E-state index is 12.1. The van der Waals surface area contributed by atoms with Crippen LogP contribution in [0.5, 0.6) is 0 Å². The summed E-state index contributed by atoms with van der Waals surface area (Å²) in [5, 5.41) is 8.34. The number of rotatable bonds is 5. The first-order chi connectivity index (χ1) is 10.6. The fourth-order valence-electron chi connectivity index (χ4n) is 1.89. The molecule has 0 saturated carbocycles. The van der Waals surface area contributed by atoms with Crippen LogP contribution in [0.4, 0.5) is 0 Å². The van der Waals surface area contributed by atoms with Gasteiger partial charge in [0, 0.05) is 12.5 Å². The highest BCUT2D eigenvalue weighted by molar-refractivity contribution is 5.95. The maximum Gasteiger partial charge on any atom is 0.328 e. The molecule has 0 spiro atoms. The average Bonchev–Trinajstić information content (AvgIpc) is 2.55. The van der Waals surface area contributed by atoms with Crippen molar-refractivity contribution in [3.63, 3.8) is 0 Å². The molecule has 1 aromatic heterocycles. The van der Waals surface area contributed by atoms with Gasteiger partial charge in [0.1, 0.15) is 11.7 Å². The normalized spacial score (nSPS) is 11.5. The lowest BCUT2D eigenvalue weighted by Crippen LogP contribution is -2.43. The van der Waals surface area contributed by atoms with Crippen LogP contribution in [-0.2, 0) is 16.0 Å². The van der Waals surface area contributed by atoms with Crippen molar-refractivity contribution >= 4 is 11.9 Å². The van der Waals surface area contributed by atoms with Crippen LogP contribution >= 0.6 is 0 Å². The maximum atomic E-state index is 12.1. The Hall–Kier alpha value is -2.96. The molecule has 2 aromatic rings. The highest BCUT2D eigenvalue weighted by atomic mass is 16.5. The van der Waals surface area contributed by atoms with Crippen molar-refractivity contribution in [1.29, 1.82) is 0 Å². The first kappa shape index (κ1) is 15.4. The van der Waals surface area contributed by atoms with E-state index in [0.29, 0.717) is 6.42 Å². The zero-order chi connectivity index (χ0) is 15.9. The van der Waals surface area contributed by atoms with Crippen molar-refractivity contribution in [3.05, 3.63) is 64.1 Å². The van der Waals surface area contributed by atoms with Crippen molar-refractivity contribution in [2.45, 2.75) is 12.5 Å². The second-order valence-electron chi connectivity index (χ2n) is 4.55. The van der Waals surface area contributed by atoms with E-state index in [-0.39, 0.29) is 5.69 Å². The number of methoxy groups -OCH3 is 1.